The molecule has 7 atom stereocenters. The number of ketones is 2. The topological polar surface area (TPSA) is 230 Å². The van der Waals surface area contributed by atoms with E-state index in [1.807, 2.05) is 0 Å². The van der Waals surface area contributed by atoms with Crippen molar-refractivity contribution in [1.82, 2.24) is 0 Å². The highest BCUT2D eigenvalue weighted by Crippen LogP contribution is 2.58. The Morgan fingerprint density at radius 3 is 2.46 bits per heavy atom. The predicted molar refractivity (Wildman–Crippen MR) is 120 cm³/mol. The van der Waals surface area contributed by atoms with Gasteiger partial charge in [0.05, 0.1) is 23.3 Å². The minimum Gasteiger partial charge on any atom is -0.508 e. The highest BCUT2D eigenvalue weighted by atomic mass is 16.4. The molecule has 4 rings (SSSR count). The number of aliphatic hydroxyl groups excluding tert-OH is 3. The number of carbonyl (C=O) groups excluding carboxylic acids is 3. The largest absolute Gasteiger partial charge is 0.508 e. The van der Waals surface area contributed by atoms with Gasteiger partial charge in [-0.2, -0.15) is 0 Å². The lowest BCUT2D eigenvalue weighted by molar-refractivity contribution is -0.209. The zero-order valence-electron chi connectivity index (χ0n) is 19.1. The number of azide groups is 1. The van der Waals surface area contributed by atoms with E-state index < -0.39 is 82.5 Å². The Kier molecular flexibility index (Phi) is 5.56. The maximum Gasteiger partial charge on any atom is 0.255 e. The number of fused-ring (bicyclic) bond motifs is 3. The Morgan fingerprint density at radius 1 is 1.29 bits per heavy atom. The summed E-state index contributed by atoms with van der Waals surface area (Å²) in [6.07, 6.45) is -4.25. The Labute approximate surface area is 198 Å². The van der Waals surface area contributed by atoms with Crippen molar-refractivity contribution >= 4 is 28.8 Å². The minimum absolute atomic E-state index is 0.238. The Bertz CT molecular complexity index is 1250. The van der Waals surface area contributed by atoms with Crippen LogP contribution >= 0.6 is 0 Å². The average Bonchev–Trinajstić information content (AvgIpc) is 2.77. The third kappa shape index (κ3) is 3.06. The molecular weight excluding hydrogens is 462 g/mol. The van der Waals surface area contributed by atoms with Gasteiger partial charge in [0, 0.05) is 43.0 Å². The maximum atomic E-state index is 13.8. The van der Waals surface area contributed by atoms with Crippen molar-refractivity contribution in [1.29, 1.82) is 0 Å². The van der Waals surface area contributed by atoms with Crippen molar-refractivity contribution in [3.63, 3.8) is 0 Å². The Balaban J connectivity index is 2.00. The second-order valence-electron chi connectivity index (χ2n) is 9.47. The second-order valence-corrected chi connectivity index (χ2v) is 9.47. The summed E-state index contributed by atoms with van der Waals surface area (Å²) in [4.78, 5) is 42.3. The molecule has 3 aliphatic carbocycles. The first-order valence-corrected chi connectivity index (χ1v) is 10.8. The molecule has 3 aliphatic rings. The number of aromatic hydroxyl groups is 1. The molecule has 1 saturated carbocycles. The summed E-state index contributed by atoms with van der Waals surface area (Å²) in [6.45, 7) is 1.65. The van der Waals surface area contributed by atoms with Gasteiger partial charge in [0.25, 0.3) is 5.91 Å². The number of rotatable bonds is 3. The lowest BCUT2D eigenvalue weighted by Crippen LogP contribution is -2.69. The second kappa shape index (κ2) is 7.95. The SMILES string of the molecule is C[C@@H]1c2c(N(C)C)cc(N=[N+]=[N-])c(O)c2C(=O)C2C1[C@H](O)C1CC(=O)C(C(N)=O)=C(O)C1(O)C2O. The highest BCUT2D eigenvalue weighted by Gasteiger charge is 2.67. The lowest BCUT2D eigenvalue weighted by atomic mass is 9.51. The lowest BCUT2D eigenvalue weighted by Gasteiger charge is -2.56. The molecule has 5 unspecified atom stereocenters. The molecule has 186 valence electrons. The molecule has 1 fully saturated rings. The summed E-state index contributed by atoms with van der Waals surface area (Å²) in [5.74, 6) is -9.68. The normalized spacial score (nSPS) is 33.9. The van der Waals surface area contributed by atoms with Gasteiger partial charge in [0.1, 0.15) is 23.2 Å². The van der Waals surface area contributed by atoms with Crippen molar-refractivity contribution in [2.24, 2.45) is 28.6 Å². The summed E-state index contributed by atoms with van der Waals surface area (Å²) in [7, 11) is 3.32. The van der Waals surface area contributed by atoms with E-state index in [4.69, 9.17) is 11.3 Å². The first kappa shape index (κ1) is 24.5. The molecule has 0 saturated heterocycles. The van der Waals surface area contributed by atoms with Gasteiger partial charge in [0.15, 0.2) is 17.2 Å². The summed E-state index contributed by atoms with van der Waals surface area (Å²) in [5.41, 5.74) is 10.7. The first-order chi connectivity index (χ1) is 16.3. The van der Waals surface area contributed by atoms with Gasteiger partial charge in [-0.3, -0.25) is 14.4 Å². The fraction of sp³-hybridized carbons (Fsp3) is 0.500. The number of amides is 1. The van der Waals surface area contributed by atoms with Gasteiger partial charge >= 0.3 is 0 Å². The van der Waals surface area contributed by atoms with Crippen LogP contribution in [-0.4, -0.2) is 74.9 Å². The number of nitrogens with two attached hydrogens (primary N) is 1. The molecule has 0 radical (unpaired) electrons. The molecule has 13 heteroatoms. The molecule has 0 spiro atoms. The van der Waals surface area contributed by atoms with Crippen molar-refractivity contribution in [2.75, 3.05) is 19.0 Å². The molecule has 0 bridgehead atoms. The van der Waals surface area contributed by atoms with Crippen molar-refractivity contribution in [2.45, 2.75) is 37.1 Å². The summed E-state index contributed by atoms with van der Waals surface area (Å²) in [5, 5.41) is 59.0. The molecule has 0 aromatic heterocycles. The third-order valence-electron chi connectivity index (χ3n) is 7.64. The number of aliphatic hydroxyl groups is 4. The number of hydrogen-bond acceptors (Lipinski definition) is 10. The highest BCUT2D eigenvalue weighted by molar-refractivity contribution is 6.20. The summed E-state index contributed by atoms with van der Waals surface area (Å²) in [6, 6.07) is 1.39. The average molecular weight is 487 g/mol. The molecule has 0 heterocycles. The minimum atomic E-state index is -2.73. The number of phenols is 1. The van der Waals surface area contributed by atoms with Crippen LogP contribution in [0.25, 0.3) is 10.4 Å². The Morgan fingerprint density at radius 2 is 1.91 bits per heavy atom. The van der Waals surface area contributed by atoms with E-state index >= 15 is 0 Å². The van der Waals surface area contributed by atoms with Crippen molar-refractivity contribution in [3.05, 3.63) is 39.0 Å². The number of anilines is 1. The zero-order valence-corrected chi connectivity index (χ0v) is 19.1. The summed E-state index contributed by atoms with van der Waals surface area (Å²) < 4.78 is 0. The van der Waals surface area contributed by atoms with Gasteiger partial charge in [-0.15, -0.1) is 0 Å². The monoisotopic (exact) mass is 487 g/mol. The van der Waals surface area contributed by atoms with Gasteiger partial charge < -0.3 is 36.2 Å². The standard InChI is InChI=1S/C22H25N5O8/c1-6-11-9(27(2)3)5-8(25-26-24)17(30)14(11)18(31)15-12(6)16(29)7-4-10(28)13(21(23)34)19(32)22(7,35)20(15)33/h5-7,12,15-16,20,29-30,32-33,35H,4H2,1-3H3,(H2,23,34)/t6-,7?,12?,15?,16-,20?,22?/m1/s1. The van der Waals surface area contributed by atoms with Gasteiger partial charge in [0.2, 0.25) is 0 Å². The quantitative estimate of drug-likeness (QED) is 0.149. The molecule has 1 aromatic carbocycles. The summed E-state index contributed by atoms with van der Waals surface area (Å²) >= 11 is 0. The van der Waals surface area contributed by atoms with E-state index in [-0.39, 0.29) is 11.3 Å². The smallest absolute Gasteiger partial charge is 0.255 e. The van der Waals surface area contributed by atoms with Crippen LogP contribution in [0.4, 0.5) is 11.4 Å². The molecule has 1 aromatic rings. The van der Waals surface area contributed by atoms with Crippen LogP contribution in [0.5, 0.6) is 5.75 Å². The van der Waals surface area contributed by atoms with Crippen LogP contribution in [0, 0.1) is 17.8 Å². The number of nitrogens with zero attached hydrogens (tertiary/aromatic N) is 4. The number of benzene rings is 1. The van der Waals surface area contributed by atoms with E-state index in [0.717, 1.165) is 0 Å². The number of phenolic OH excluding ortho intramolecular Hbond substituents is 1. The van der Waals surface area contributed by atoms with Crippen molar-refractivity contribution in [3.8, 4) is 5.75 Å². The van der Waals surface area contributed by atoms with E-state index in [9.17, 15) is 39.9 Å². The number of Topliss-reactive ketones (excluding diaryl/α,β-unsaturated/α-hetero) is 2. The fourth-order valence-corrected chi connectivity index (χ4v) is 6.07. The van der Waals surface area contributed by atoms with E-state index in [2.05, 4.69) is 10.0 Å². The molecule has 7 N–H and O–H groups in total. The van der Waals surface area contributed by atoms with Gasteiger partial charge in [-0.05, 0) is 23.1 Å². The number of carbonyl (C=O) groups is 3. The molecule has 35 heavy (non-hydrogen) atoms. The number of primary amides is 1. The van der Waals surface area contributed by atoms with Crippen molar-refractivity contribution < 1.29 is 39.9 Å². The predicted octanol–water partition coefficient (Wildman–Crippen LogP) is 0.285. The van der Waals surface area contributed by atoms with E-state index in [1.54, 1.807) is 25.9 Å². The fourth-order valence-electron chi connectivity index (χ4n) is 6.07. The van der Waals surface area contributed by atoms with Crippen LogP contribution in [0.1, 0.15) is 35.2 Å². The maximum absolute atomic E-state index is 13.8. The van der Waals surface area contributed by atoms with E-state index in [1.165, 1.54) is 6.07 Å². The van der Waals surface area contributed by atoms with E-state index in [0.29, 0.717) is 11.3 Å². The molecule has 0 aliphatic heterocycles. The van der Waals surface area contributed by atoms with Crippen LogP contribution in [0.2, 0.25) is 0 Å². The van der Waals surface area contributed by atoms with Gasteiger partial charge in [-0.1, -0.05) is 12.0 Å². The number of hydrogen-bond donors (Lipinski definition) is 6. The van der Waals surface area contributed by atoms with Crippen LogP contribution < -0.4 is 10.6 Å². The molecule has 1 amide bonds. The van der Waals surface area contributed by atoms with Crippen LogP contribution in [-0.2, 0) is 9.59 Å². The third-order valence-corrected chi connectivity index (χ3v) is 7.64. The Hall–Kier alpha value is -3.64. The van der Waals surface area contributed by atoms with Crippen LogP contribution in [0.3, 0.4) is 0 Å². The molecule has 13 nitrogen and oxygen atoms in total. The molecular formula is C22H25N5O8. The van der Waals surface area contributed by atoms with Crippen LogP contribution in [0.15, 0.2) is 22.5 Å². The zero-order chi connectivity index (χ0) is 26.1. The first-order valence-electron chi connectivity index (χ1n) is 10.8. The van der Waals surface area contributed by atoms with Gasteiger partial charge in [-0.25, -0.2) is 0 Å².